The third kappa shape index (κ3) is 15.7. The molecule has 0 fully saturated rings. The van der Waals surface area contributed by atoms with Crippen LogP contribution in [0.4, 0.5) is 0 Å². The van der Waals surface area contributed by atoms with Gasteiger partial charge in [-0.3, -0.25) is 0 Å². The van der Waals surface area contributed by atoms with Crippen LogP contribution in [0.25, 0.3) is 54.9 Å². The van der Waals surface area contributed by atoms with Gasteiger partial charge in [0.2, 0.25) is 0 Å². The van der Waals surface area contributed by atoms with Gasteiger partial charge in [0.25, 0.3) is 0 Å². The molecule has 0 N–H and O–H groups in total. The van der Waals surface area contributed by atoms with Gasteiger partial charge < -0.3 is 0 Å². The number of hydrogen-bond donors (Lipinski definition) is 0. The van der Waals surface area contributed by atoms with E-state index in [4.69, 9.17) is 17.0 Å². The van der Waals surface area contributed by atoms with Crippen molar-refractivity contribution >= 4 is 112 Å². The van der Waals surface area contributed by atoms with Crippen molar-refractivity contribution in [1.82, 2.24) is 0 Å². The second kappa shape index (κ2) is 26.6. The number of fused-ring (bicyclic) bond motifs is 5. The molecule has 0 aromatic heterocycles. The first-order valence-corrected chi connectivity index (χ1v) is 49.6. The topological polar surface area (TPSA) is 0 Å². The maximum atomic E-state index is 4.93. The van der Waals surface area contributed by atoms with Crippen molar-refractivity contribution in [2.24, 2.45) is 0 Å². The Morgan fingerprint density at radius 3 is 1.25 bits per heavy atom. The molecule has 0 amide bonds. The quantitative estimate of drug-likeness (QED) is 0.0752. The summed E-state index contributed by atoms with van der Waals surface area (Å²) in [5.74, 6) is 1.04. The minimum absolute atomic E-state index is 0.518. The molecule has 0 saturated heterocycles. The van der Waals surface area contributed by atoms with Crippen LogP contribution in [0.3, 0.4) is 0 Å². The fourth-order valence-electron chi connectivity index (χ4n) is 10.4. The molecule has 8 aromatic rings. The SMILES string of the molecule is CCCCc1cc2c(-c3cc([Si](C)(C)C)cc([Si](C)(C)C)c3)c(C(C)C)ccc2[cH-]1.CCCCc1cc2c(-c3cc([Si](C)(C)C)cc([Si](C)(C)C)c3)c(C(C)C)ccc2[cH-]1.[Cl][Zr][Cl].[c-]1cccc2c1[Si]c1ccccc1-2. The molecule has 0 bridgehead atoms. The number of benzene rings is 6. The van der Waals surface area contributed by atoms with Gasteiger partial charge in [-0.05, 0) is 35.8 Å². The molecule has 1 aliphatic heterocycles. The van der Waals surface area contributed by atoms with Crippen molar-refractivity contribution < 1.29 is 20.8 Å². The van der Waals surface area contributed by atoms with Crippen molar-refractivity contribution in [3.63, 3.8) is 0 Å². The average Bonchev–Trinajstić information content (AvgIpc) is 4.10. The van der Waals surface area contributed by atoms with Crippen LogP contribution in [0.2, 0.25) is 78.6 Å². The van der Waals surface area contributed by atoms with Gasteiger partial charge in [-0.25, -0.2) is 0 Å². The third-order valence-electron chi connectivity index (χ3n) is 15.1. The summed E-state index contributed by atoms with van der Waals surface area (Å²) in [5.41, 5.74) is 14.6. The molecule has 1 heterocycles. The van der Waals surface area contributed by atoms with Crippen LogP contribution in [-0.2, 0) is 33.7 Å². The van der Waals surface area contributed by atoms with Crippen LogP contribution in [0.5, 0.6) is 0 Å². The summed E-state index contributed by atoms with van der Waals surface area (Å²) in [6, 6.07) is 52.7. The molecule has 402 valence electrons. The summed E-state index contributed by atoms with van der Waals surface area (Å²) < 4.78 is 0. The van der Waals surface area contributed by atoms with Crippen molar-refractivity contribution in [3.8, 4) is 33.4 Å². The minimum atomic E-state index is -1.41. The first-order valence-electron chi connectivity index (χ1n) is 28.3. The Hall–Kier alpha value is -2.91. The molecule has 76 heavy (non-hydrogen) atoms. The smallest absolute Gasteiger partial charge is 0.0920 e. The number of halogens is 2. The summed E-state index contributed by atoms with van der Waals surface area (Å²) in [6.07, 6.45) is 7.43. The Labute approximate surface area is 487 Å². The van der Waals surface area contributed by atoms with Crippen LogP contribution in [0.15, 0.2) is 127 Å². The molecular weight excluding hydrogens is 1120 g/mol. The van der Waals surface area contributed by atoms with Gasteiger partial charge in [0.1, 0.15) is 0 Å². The predicted octanol–water partition coefficient (Wildman–Crippen LogP) is 18.1. The summed E-state index contributed by atoms with van der Waals surface area (Å²) in [7, 11) is 5.02. The van der Waals surface area contributed by atoms with E-state index < -0.39 is 53.1 Å². The zero-order chi connectivity index (χ0) is 55.9. The Bertz CT molecular complexity index is 2920. The molecule has 0 saturated carbocycles. The van der Waals surface area contributed by atoms with Gasteiger partial charge in [0.15, 0.2) is 0 Å². The van der Waals surface area contributed by atoms with E-state index in [0.29, 0.717) is 11.8 Å². The van der Waals surface area contributed by atoms with Crippen molar-refractivity contribution in [1.29, 1.82) is 0 Å². The molecule has 0 nitrogen and oxygen atoms in total. The van der Waals surface area contributed by atoms with E-state index in [1.165, 1.54) is 126 Å². The molecule has 0 atom stereocenters. The first kappa shape index (κ1) is 62.3. The fraction of sp³-hybridized carbons (Fsp3) is 0.382. The van der Waals surface area contributed by atoms with Crippen molar-refractivity contribution in [2.75, 3.05) is 0 Å². The van der Waals surface area contributed by atoms with Crippen molar-refractivity contribution in [2.45, 2.75) is 170 Å². The average molecular weight is 1210 g/mol. The Kier molecular flexibility index (Phi) is 21.8. The summed E-state index contributed by atoms with van der Waals surface area (Å²) in [6.45, 7) is 43.7. The molecule has 0 spiro atoms. The zero-order valence-corrected chi connectivity index (χ0v) is 58.7. The van der Waals surface area contributed by atoms with E-state index in [0.717, 1.165) is 9.52 Å². The second-order valence-corrected chi connectivity index (χ2v) is 51.4. The molecule has 0 unspecified atom stereocenters. The minimum Gasteiger partial charge on any atom is -0.184 e. The van der Waals surface area contributed by atoms with E-state index in [1.54, 1.807) is 20.7 Å². The maximum Gasteiger partial charge on any atom is 0.0920 e. The number of aryl methyl sites for hydroxylation is 2. The Balaban J connectivity index is 0.000000192. The van der Waals surface area contributed by atoms with E-state index in [1.807, 2.05) is 6.07 Å². The molecule has 1 aliphatic rings. The standard InChI is InChI=1S/2C28H41Si2.C12H7Si.2ClH.Zr/c2*1-10-11-12-21-15-22-13-14-26(20(2)3)28(27(22)16-21)23-17-24(29(4,5)6)19-25(18-23)30(7,8)9;1-3-7-11-9(5-1)10-6-2-4-8-12(10)13-11;;;/h2*13-20H,10-12H2,1-9H3;1-7H;2*1H;/q3*-1;;;+2/p-2. The van der Waals surface area contributed by atoms with E-state index >= 15 is 0 Å². The van der Waals surface area contributed by atoms with Crippen LogP contribution < -0.4 is 31.1 Å². The summed E-state index contributed by atoms with van der Waals surface area (Å²) in [5, 5.41) is 15.0. The van der Waals surface area contributed by atoms with Crippen LogP contribution in [-0.4, -0.2) is 41.8 Å². The zero-order valence-electron chi connectivity index (χ0n) is 49.8. The number of rotatable bonds is 14. The number of unbranched alkanes of at least 4 members (excludes halogenated alkanes) is 2. The maximum absolute atomic E-state index is 4.93. The molecule has 2 radical (unpaired) electrons. The Morgan fingerprint density at radius 2 is 0.882 bits per heavy atom. The Morgan fingerprint density at radius 1 is 0.500 bits per heavy atom. The van der Waals surface area contributed by atoms with Crippen LogP contribution >= 0.6 is 17.0 Å². The molecule has 9 rings (SSSR count). The largest absolute Gasteiger partial charge is 0.184 e. The third-order valence-corrected chi connectivity index (χ3v) is 24.5. The van der Waals surface area contributed by atoms with Crippen molar-refractivity contribution in [3.05, 3.63) is 156 Å². The van der Waals surface area contributed by atoms with Gasteiger partial charge in [-0.15, -0.1) is 74.6 Å². The summed E-state index contributed by atoms with van der Waals surface area (Å²) >= 11 is -0.826. The summed E-state index contributed by atoms with van der Waals surface area (Å²) in [4.78, 5) is 0. The molecule has 0 aliphatic carbocycles. The van der Waals surface area contributed by atoms with Gasteiger partial charge in [-0.1, -0.05) is 260 Å². The van der Waals surface area contributed by atoms with Gasteiger partial charge in [0.05, 0.1) is 41.8 Å². The van der Waals surface area contributed by atoms with Crippen LogP contribution in [0, 0.1) is 6.07 Å². The van der Waals surface area contributed by atoms with Gasteiger partial charge >= 0.3 is 37.9 Å². The second-order valence-electron chi connectivity index (χ2n) is 26.1. The van der Waals surface area contributed by atoms with E-state index in [-0.39, 0.29) is 0 Å². The van der Waals surface area contributed by atoms with E-state index in [2.05, 4.69) is 248 Å². The molecule has 8 heteroatoms. The monoisotopic (exact) mass is 1210 g/mol. The molecular formula is C68H89Cl2Si5Zr-3. The van der Waals surface area contributed by atoms with Gasteiger partial charge in [-0.2, -0.15) is 41.6 Å². The normalized spacial score (nSPS) is 12.4. The fourth-order valence-corrected chi connectivity index (χ4v) is 16.7. The first-order chi connectivity index (χ1) is 35.7. The van der Waals surface area contributed by atoms with E-state index in [9.17, 15) is 0 Å². The van der Waals surface area contributed by atoms with Gasteiger partial charge in [0, 0.05) is 0 Å². The predicted molar refractivity (Wildman–Crippen MR) is 355 cm³/mol. The van der Waals surface area contributed by atoms with Crippen LogP contribution in [0.1, 0.15) is 101 Å². The molecule has 8 aromatic carbocycles. The number of hydrogen-bond acceptors (Lipinski definition) is 0.